The number of ether oxygens (including phenoxy) is 1. The summed E-state index contributed by atoms with van der Waals surface area (Å²) >= 11 is 0. The van der Waals surface area contributed by atoms with Crippen molar-refractivity contribution in [1.29, 1.82) is 0 Å². The van der Waals surface area contributed by atoms with Gasteiger partial charge in [0.25, 0.3) is 0 Å². The van der Waals surface area contributed by atoms with Gasteiger partial charge in [-0.3, -0.25) is 4.90 Å². The summed E-state index contributed by atoms with van der Waals surface area (Å²) in [5, 5.41) is 10.4. The van der Waals surface area contributed by atoms with Gasteiger partial charge in [0.2, 0.25) is 0 Å². The fourth-order valence-corrected chi connectivity index (χ4v) is 2.19. The highest BCUT2D eigenvalue weighted by molar-refractivity contribution is 5.22. The van der Waals surface area contributed by atoms with E-state index in [9.17, 15) is 9.50 Å². The van der Waals surface area contributed by atoms with Crippen LogP contribution in [0.3, 0.4) is 0 Å². The molecule has 1 heterocycles. The summed E-state index contributed by atoms with van der Waals surface area (Å²) in [7, 11) is 0. The molecule has 1 N–H and O–H groups in total. The third-order valence-corrected chi connectivity index (χ3v) is 3.41. The zero-order chi connectivity index (χ0) is 13.2. The van der Waals surface area contributed by atoms with Crippen molar-refractivity contribution in [1.82, 2.24) is 4.90 Å². The van der Waals surface area contributed by atoms with E-state index in [1.165, 1.54) is 12.1 Å². The first-order valence-corrected chi connectivity index (χ1v) is 6.33. The Bertz CT molecular complexity index is 393. The minimum atomic E-state index is -0.793. The van der Waals surface area contributed by atoms with Gasteiger partial charge in [0, 0.05) is 19.1 Å². The molecular formula is C14H20FNO2. The van der Waals surface area contributed by atoms with Crippen molar-refractivity contribution >= 4 is 0 Å². The van der Waals surface area contributed by atoms with E-state index in [0.717, 1.165) is 6.54 Å². The van der Waals surface area contributed by atoms with Crippen LogP contribution in [-0.4, -0.2) is 41.3 Å². The molecule has 1 saturated heterocycles. The lowest BCUT2D eigenvalue weighted by Gasteiger charge is -2.25. The number of β-amino-alcohol motifs (C(OH)–C–C–N with tert-alkyl or cyclic N) is 1. The molecule has 0 bridgehead atoms. The molecule has 18 heavy (non-hydrogen) atoms. The maximum atomic E-state index is 12.7. The average molecular weight is 253 g/mol. The van der Waals surface area contributed by atoms with Gasteiger partial charge >= 0.3 is 0 Å². The van der Waals surface area contributed by atoms with E-state index < -0.39 is 5.60 Å². The lowest BCUT2D eigenvalue weighted by Crippen LogP contribution is -2.40. The number of hydrogen-bond donors (Lipinski definition) is 1. The smallest absolute Gasteiger partial charge is 0.123 e. The molecule has 3 nitrogen and oxygen atoms in total. The average Bonchev–Trinajstić information content (AvgIpc) is 2.72. The summed E-state index contributed by atoms with van der Waals surface area (Å²) in [5.41, 5.74) is -0.793. The first-order chi connectivity index (χ1) is 8.48. The van der Waals surface area contributed by atoms with E-state index >= 15 is 0 Å². The Balaban J connectivity index is 1.88. The molecule has 1 aromatic carbocycles. The van der Waals surface area contributed by atoms with Gasteiger partial charge in [0.05, 0.1) is 0 Å². The summed E-state index contributed by atoms with van der Waals surface area (Å²) in [4.78, 5) is 2.23. The molecule has 0 saturated carbocycles. The van der Waals surface area contributed by atoms with E-state index in [1.807, 2.05) is 0 Å². The van der Waals surface area contributed by atoms with Gasteiger partial charge in [-0.15, -0.1) is 0 Å². The van der Waals surface area contributed by atoms with Crippen molar-refractivity contribution in [3.05, 3.63) is 30.1 Å². The first-order valence-electron chi connectivity index (χ1n) is 6.33. The van der Waals surface area contributed by atoms with E-state index in [1.54, 1.807) is 12.1 Å². The fourth-order valence-electron chi connectivity index (χ4n) is 2.19. The third-order valence-electron chi connectivity index (χ3n) is 3.41. The number of halogens is 1. The van der Waals surface area contributed by atoms with Gasteiger partial charge in [-0.2, -0.15) is 0 Å². The predicted octanol–water partition coefficient (Wildman–Crippen LogP) is 2.05. The monoisotopic (exact) mass is 253 g/mol. The Hall–Kier alpha value is -1.13. The number of hydrogen-bond acceptors (Lipinski definition) is 3. The summed E-state index contributed by atoms with van der Waals surface area (Å²) < 4.78 is 18.3. The molecule has 1 aromatic rings. The van der Waals surface area contributed by atoms with E-state index in [4.69, 9.17) is 4.74 Å². The molecule has 0 spiro atoms. The van der Waals surface area contributed by atoms with Crippen LogP contribution in [0, 0.1) is 5.82 Å². The fraction of sp³-hybridized carbons (Fsp3) is 0.571. The summed E-state index contributed by atoms with van der Waals surface area (Å²) in [6, 6.07) is 6.30. The highest BCUT2D eigenvalue weighted by Crippen LogP contribution is 2.24. The SMILES string of the molecule is CC(C)N1CCC(O)(COc2ccc(F)cc2)C1. The number of likely N-dealkylation sites (tertiary alicyclic amines) is 1. The van der Waals surface area contributed by atoms with Crippen molar-refractivity contribution in [3.8, 4) is 5.75 Å². The Morgan fingerprint density at radius 1 is 1.39 bits per heavy atom. The Kier molecular flexibility index (Phi) is 3.88. The molecule has 1 unspecified atom stereocenters. The van der Waals surface area contributed by atoms with Crippen LogP contribution in [0.25, 0.3) is 0 Å². The van der Waals surface area contributed by atoms with Crippen LogP contribution in [0.2, 0.25) is 0 Å². The van der Waals surface area contributed by atoms with Crippen LogP contribution in [0.15, 0.2) is 24.3 Å². The molecule has 0 aromatic heterocycles. The van der Waals surface area contributed by atoms with E-state index in [0.29, 0.717) is 24.8 Å². The maximum Gasteiger partial charge on any atom is 0.123 e. The standard InChI is InChI=1S/C14H20FNO2/c1-11(2)16-8-7-14(17,9-16)10-18-13-5-3-12(15)4-6-13/h3-6,11,17H,7-10H2,1-2H3. The van der Waals surface area contributed by atoms with Gasteiger partial charge in [0.15, 0.2) is 0 Å². The molecule has 0 radical (unpaired) electrons. The Morgan fingerprint density at radius 2 is 2.06 bits per heavy atom. The summed E-state index contributed by atoms with van der Waals surface area (Å²) in [5.74, 6) is 0.306. The molecular weight excluding hydrogens is 233 g/mol. The lowest BCUT2D eigenvalue weighted by molar-refractivity contribution is 0.00164. The van der Waals surface area contributed by atoms with Crippen LogP contribution < -0.4 is 4.74 Å². The topological polar surface area (TPSA) is 32.7 Å². The van der Waals surface area contributed by atoms with E-state index in [2.05, 4.69) is 18.7 Å². The van der Waals surface area contributed by atoms with Gasteiger partial charge in [0.1, 0.15) is 23.8 Å². The Labute approximate surface area is 107 Å². The van der Waals surface area contributed by atoms with E-state index in [-0.39, 0.29) is 12.4 Å². The van der Waals surface area contributed by atoms with Crippen molar-refractivity contribution in [3.63, 3.8) is 0 Å². The second kappa shape index (κ2) is 5.24. The molecule has 1 aliphatic rings. The first kappa shape index (κ1) is 13.3. The molecule has 0 aliphatic carbocycles. The van der Waals surface area contributed by atoms with Crippen LogP contribution in [0.5, 0.6) is 5.75 Å². The molecule has 4 heteroatoms. The predicted molar refractivity (Wildman–Crippen MR) is 68.2 cm³/mol. The quantitative estimate of drug-likeness (QED) is 0.891. The molecule has 2 rings (SSSR count). The van der Waals surface area contributed by atoms with Gasteiger partial charge in [-0.05, 0) is 44.5 Å². The van der Waals surface area contributed by atoms with Gasteiger partial charge in [-0.1, -0.05) is 0 Å². The minimum Gasteiger partial charge on any atom is -0.491 e. The zero-order valence-electron chi connectivity index (χ0n) is 10.9. The van der Waals surface area contributed by atoms with Crippen molar-refractivity contribution in [2.75, 3.05) is 19.7 Å². The second-order valence-corrected chi connectivity index (χ2v) is 5.28. The Morgan fingerprint density at radius 3 is 2.61 bits per heavy atom. The molecule has 100 valence electrons. The normalized spacial score (nSPS) is 24.7. The van der Waals surface area contributed by atoms with Crippen LogP contribution >= 0.6 is 0 Å². The molecule has 1 atom stereocenters. The largest absolute Gasteiger partial charge is 0.491 e. The van der Waals surface area contributed by atoms with Gasteiger partial charge < -0.3 is 9.84 Å². The highest BCUT2D eigenvalue weighted by Gasteiger charge is 2.37. The number of aliphatic hydroxyl groups is 1. The van der Waals surface area contributed by atoms with Crippen LogP contribution in [-0.2, 0) is 0 Å². The van der Waals surface area contributed by atoms with Crippen molar-refractivity contribution < 1.29 is 14.2 Å². The van der Waals surface area contributed by atoms with Crippen LogP contribution in [0.4, 0.5) is 4.39 Å². The lowest BCUT2D eigenvalue weighted by atomic mass is 10.1. The third kappa shape index (κ3) is 3.21. The van der Waals surface area contributed by atoms with Crippen LogP contribution in [0.1, 0.15) is 20.3 Å². The molecule has 1 aliphatic heterocycles. The zero-order valence-corrected chi connectivity index (χ0v) is 10.9. The maximum absolute atomic E-state index is 12.7. The summed E-state index contributed by atoms with van der Waals surface area (Å²) in [6.45, 7) is 6.01. The highest BCUT2D eigenvalue weighted by atomic mass is 19.1. The molecule has 0 amide bonds. The molecule has 1 fully saturated rings. The van der Waals surface area contributed by atoms with Crippen molar-refractivity contribution in [2.45, 2.75) is 31.9 Å². The second-order valence-electron chi connectivity index (χ2n) is 5.28. The number of nitrogens with zero attached hydrogens (tertiary/aromatic N) is 1. The number of benzene rings is 1. The van der Waals surface area contributed by atoms with Gasteiger partial charge in [-0.25, -0.2) is 4.39 Å². The van der Waals surface area contributed by atoms with Crippen molar-refractivity contribution in [2.24, 2.45) is 0 Å². The minimum absolute atomic E-state index is 0.252. The summed E-state index contributed by atoms with van der Waals surface area (Å²) in [6.07, 6.45) is 0.715. The number of rotatable bonds is 4.